The molecular formula is C10H21N3O2. The van der Waals surface area contributed by atoms with Crippen LogP contribution < -0.4 is 10.6 Å². The summed E-state index contributed by atoms with van der Waals surface area (Å²) in [5.74, 6) is 0. The van der Waals surface area contributed by atoms with Crippen LogP contribution in [0.4, 0.5) is 4.79 Å². The van der Waals surface area contributed by atoms with Gasteiger partial charge in [-0.05, 0) is 19.3 Å². The summed E-state index contributed by atoms with van der Waals surface area (Å²) in [5.41, 5.74) is 0. The first-order valence-electron chi connectivity index (χ1n) is 5.48. The molecule has 2 amide bonds. The van der Waals surface area contributed by atoms with E-state index in [1.54, 1.807) is 14.1 Å². The second-order valence-electron chi connectivity index (χ2n) is 4.19. The molecule has 0 spiro atoms. The molecule has 88 valence electrons. The molecule has 15 heavy (non-hydrogen) atoms. The van der Waals surface area contributed by atoms with Gasteiger partial charge < -0.3 is 20.6 Å². The van der Waals surface area contributed by atoms with E-state index in [9.17, 15) is 9.90 Å². The minimum Gasteiger partial charge on any atom is -0.392 e. The maximum absolute atomic E-state index is 11.1. The van der Waals surface area contributed by atoms with Crippen LogP contribution in [-0.4, -0.2) is 55.4 Å². The average molecular weight is 215 g/mol. The summed E-state index contributed by atoms with van der Waals surface area (Å²) in [6, 6.07) is 0.130. The molecule has 1 saturated carbocycles. The van der Waals surface area contributed by atoms with Crippen LogP contribution in [0.15, 0.2) is 0 Å². The SMILES string of the molecule is CN(C)C(=O)NCCN[C@@H]1CCC[C@H]1O. The number of carbonyl (C=O) groups excluding carboxylic acids is 1. The predicted molar refractivity (Wildman–Crippen MR) is 58.7 cm³/mol. The molecule has 1 rings (SSSR count). The molecule has 5 nitrogen and oxygen atoms in total. The maximum Gasteiger partial charge on any atom is 0.316 e. The monoisotopic (exact) mass is 215 g/mol. The molecule has 1 aliphatic carbocycles. The Morgan fingerprint density at radius 3 is 2.67 bits per heavy atom. The van der Waals surface area contributed by atoms with Gasteiger partial charge in [0.05, 0.1) is 6.10 Å². The van der Waals surface area contributed by atoms with Crippen LogP contribution >= 0.6 is 0 Å². The standard InChI is InChI=1S/C10H21N3O2/c1-13(2)10(15)12-7-6-11-8-4-3-5-9(8)14/h8-9,11,14H,3-7H2,1-2H3,(H,12,15)/t8-,9-/m1/s1. The molecule has 0 aromatic heterocycles. The molecule has 0 aromatic rings. The topological polar surface area (TPSA) is 64.6 Å². The number of nitrogens with zero attached hydrogens (tertiary/aromatic N) is 1. The molecular weight excluding hydrogens is 194 g/mol. The molecule has 0 aliphatic heterocycles. The Morgan fingerprint density at radius 2 is 2.13 bits per heavy atom. The van der Waals surface area contributed by atoms with E-state index in [-0.39, 0.29) is 18.2 Å². The van der Waals surface area contributed by atoms with Crippen LogP contribution in [0.1, 0.15) is 19.3 Å². The average Bonchev–Trinajstić information content (AvgIpc) is 2.58. The van der Waals surface area contributed by atoms with Crippen LogP contribution in [0, 0.1) is 0 Å². The molecule has 0 radical (unpaired) electrons. The highest BCUT2D eigenvalue weighted by atomic mass is 16.3. The zero-order valence-electron chi connectivity index (χ0n) is 9.49. The third kappa shape index (κ3) is 4.05. The zero-order valence-corrected chi connectivity index (χ0v) is 9.49. The number of amides is 2. The fourth-order valence-electron chi connectivity index (χ4n) is 1.76. The van der Waals surface area contributed by atoms with Gasteiger partial charge in [-0.3, -0.25) is 0 Å². The van der Waals surface area contributed by atoms with E-state index >= 15 is 0 Å². The number of aliphatic hydroxyl groups excluding tert-OH is 1. The van der Waals surface area contributed by atoms with E-state index in [0.29, 0.717) is 13.1 Å². The van der Waals surface area contributed by atoms with Gasteiger partial charge >= 0.3 is 6.03 Å². The number of nitrogens with one attached hydrogen (secondary N) is 2. The van der Waals surface area contributed by atoms with Crippen molar-refractivity contribution in [1.82, 2.24) is 15.5 Å². The van der Waals surface area contributed by atoms with Crippen molar-refractivity contribution >= 4 is 6.03 Å². The third-order valence-electron chi connectivity index (χ3n) is 2.69. The van der Waals surface area contributed by atoms with E-state index in [1.165, 1.54) is 4.90 Å². The van der Waals surface area contributed by atoms with Crippen molar-refractivity contribution in [3.63, 3.8) is 0 Å². The van der Waals surface area contributed by atoms with Gasteiger partial charge in [-0.25, -0.2) is 4.79 Å². The highest BCUT2D eigenvalue weighted by Crippen LogP contribution is 2.18. The predicted octanol–water partition coefficient (Wildman–Crippen LogP) is -0.239. The van der Waals surface area contributed by atoms with Crippen molar-refractivity contribution in [1.29, 1.82) is 0 Å². The van der Waals surface area contributed by atoms with Gasteiger partial charge in [-0.2, -0.15) is 0 Å². The highest BCUT2D eigenvalue weighted by molar-refractivity contribution is 5.73. The van der Waals surface area contributed by atoms with Gasteiger partial charge in [0, 0.05) is 33.2 Å². The smallest absolute Gasteiger partial charge is 0.316 e. The van der Waals surface area contributed by atoms with Crippen molar-refractivity contribution in [2.45, 2.75) is 31.4 Å². The summed E-state index contributed by atoms with van der Waals surface area (Å²) >= 11 is 0. The molecule has 1 aliphatic rings. The van der Waals surface area contributed by atoms with Crippen molar-refractivity contribution in [2.75, 3.05) is 27.2 Å². The van der Waals surface area contributed by atoms with Gasteiger partial charge in [0.25, 0.3) is 0 Å². The lowest BCUT2D eigenvalue weighted by Crippen LogP contribution is -2.42. The molecule has 2 atom stereocenters. The fourth-order valence-corrected chi connectivity index (χ4v) is 1.76. The van der Waals surface area contributed by atoms with Crippen molar-refractivity contribution < 1.29 is 9.90 Å². The maximum atomic E-state index is 11.1. The number of aliphatic hydroxyl groups is 1. The lowest BCUT2D eigenvalue weighted by atomic mass is 10.2. The zero-order chi connectivity index (χ0) is 11.3. The Morgan fingerprint density at radius 1 is 1.40 bits per heavy atom. The van der Waals surface area contributed by atoms with E-state index in [2.05, 4.69) is 10.6 Å². The lowest BCUT2D eigenvalue weighted by molar-refractivity contribution is 0.149. The number of carbonyl (C=O) groups is 1. The van der Waals surface area contributed by atoms with Gasteiger partial charge in [0.2, 0.25) is 0 Å². The largest absolute Gasteiger partial charge is 0.392 e. The first kappa shape index (κ1) is 12.3. The van der Waals surface area contributed by atoms with Crippen LogP contribution in [0.2, 0.25) is 0 Å². The van der Waals surface area contributed by atoms with Crippen molar-refractivity contribution in [3.05, 3.63) is 0 Å². The summed E-state index contributed by atoms with van der Waals surface area (Å²) < 4.78 is 0. The van der Waals surface area contributed by atoms with Crippen LogP contribution in [-0.2, 0) is 0 Å². The summed E-state index contributed by atoms with van der Waals surface area (Å²) in [5, 5.41) is 15.5. The second kappa shape index (κ2) is 5.92. The second-order valence-corrected chi connectivity index (χ2v) is 4.19. The van der Waals surface area contributed by atoms with Crippen molar-refractivity contribution in [2.24, 2.45) is 0 Å². The van der Waals surface area contributed by atoms with Gasteiger partial charge in [-0.15, -0.1) is 0 Å². The van der Waals surface area contributed by atoms with Crippen LogP contribution in [0.5, 0.6) is 0 Å². The normalized spacial score (nSPS) is 25.3. The number of urea groups is 1. The molecule has 1 fully saturated rings. The minimum atomic E-state index is -0.213. The Labute approximate surface area is 90.8 Å². The number of hydrogen-bond donors (Lipinski definition) is 3. The fraction of sp³-hybridized carbons (Fsp3) is 0.900. The number of rotatable bonds is 4. The Hall–Kier alpha value is -0.810. The summed E-state index contributed by atoms with van der Waals surface area (Å²) in [4.78, 5) is 12.6. The Kier molecular flexibility index (Phi) is 4.84. The van der Waals surface area contributed by atoms with E-state index in [0.717, 1.165) is 19.3 Å². The molecule has 0 aromatic carbocycles. The van der Waals surface area contributed by atoms with Crippen LogP contribution in [0.25, 0.3) is 0 Å². The van der Waals surface area contributed by atoms with Gasteiger partial charge in [0.15, 0.2) is 0 Å². The Balaban J connectivity index is 2.04. The highest BCUT2D eigenvalue weighted by Gasteiger charge is 2.23. The summed E-state index contributed by atoms with van der Waals surface area (Å²) in [6.45, 7) is 1.31. The summed E-state index contributed by atoms with van der Waals surface area (Å²) in [7, 11) is 3.42. The lowest BCUT2D eigenvalue weighted by Gasteiger charge is -2.17. The minimum absolute atomic E-state index is 0.0798. The first-order chi connectivity index (χ1) is 7.11. The molecule has 0 unspecified atom stereocenters. The molecule has 0 saturated heterocycles. The summed E-state index contributed by atoms with van der Waals surface area (Å²) in [6.07, 6.45) is 2.79. The molecule has 0 heterocycles. The first-order valence-corrected chi connectivity index (χ1v) is 5.48. The molecule has 5 heteroatoms. The van der Waals surface area contributed by atoms with E-state index in [1.807, 2.05) is 0 Å². The number of hydrogen-bond acceptors (Lipinski definition) is 3. The molecule has 0 bridgehead atoms. The van der Waals surface area contributed by atoms with Gasteiger partial charge in [-0.1, -0.05) is 0 Å². The van der Waals surface area contributed by atoms with Gasteiger partial charge in [0.1, 0.15) is 0 Å². The van der Waals surface area contributed by atoms with Crippen molar-refractivity contribution in [3.8, 4) is 0 Å². The van der Waals surface area contributed by atoms with Crippen LogP contribution in [0.3, 0.4) is 0 Å². The third-order valence-corrected chi connectivity index (χ3v) is 2.69. The molecule has 3 N–H and O–H groups in total. The van der Waals surface area contributed by atoms with E-state index in [4.69, 9.17) is 0 Å². The quantitative estimate of drug-likeness (QED) is 0.567. The van der Waals surface area contributed by atoms with E-state index < -0.39 is 0 Å². The Bertz CT molecular complexity index is 209.